The van der Waals surface area contributed by atoms with E-state index in [9.17, 15) is 4.79 Å². The summed E-state index contributed by atoms with van der Waals surface area (Å²) in [4.78, 5) is 13.9. The molecule has 1 aliphatic carbocycles. The second-order valence-electron chi connectivity index (χ2n) is 7.81. The van der Waals surface area contributed by atoms with Gasteiger partial charge in [-0.25, -0.2) is 5.43 Å². The summed E-state index contributed by atoms with van der Waals surface area (Å²) in [5.41, 5.74) is 7.68. The molecule has 1 amide bonds. The Kier molecular flexibility index (Phi) is 7.22. The fourth-order valence-electron chi connectivity index (χ4n) is 3.88. The average Bonchev–Trinajstić information content (AvgIpc) is 3.27. The molecule has 6 heteroatoms. The number of hydrogen-bond acceptors (Lipinski definition) is 5. The van der Waals surface area contributed by atoms with Crippen LogP contribution in [0.2, 0.25) is 0 Å². The van der Waals surface area contributed by atoms with Crippen LogP contribution in [0.25, 0.3) is 0 Å². The molecule has 0 saturated carbocycles. The van der Waals surface area contributed by atoms with E-state index in [-0.39, 0.29) is 5.91 Å². The van der Waals surface area contributed by atoms with Gasteiger partial charge in [0.15, 0.2) is 0 Å². The number of amides is 1. The van der Waals surface area contributed by atoms with Crippen molar-refractivity contribution in [2.24, 2.45) is 5.10 Å². The summed E-state index contributed by atoms with van der Waals surface area (Å²) in [6.07, 6.45) is 7.06. The van der Waals surface area contributed by atoms with E-state index in [4.69, 9.17) is 9.47 Å². The van der Waals surface area contributed by atoms with Crippen molar-refractivity contribution in [3.63, 3.8) is 0 Å². The van der Waals surface area contributed by atoms with Crippen LogP contribution in [0.3, 0.4) is 0 Å². The highest BCUT2D eigenvalue weighted by Gasteiger charge is 2.19. The zero-order valence-corrected chi connectivity index (χ0v) is 19.3. The summed E-state index contributed by atoms with van der Waals surface area (Å²) in [5.74, 6) is 1.42. The van der Waals surface area contributed by atoms with Gasteiger partial charge in [0.2, 0.25) is 0 Å². The van der Waals surface area contributed by atoms with Crippen molar-refractivity contribution in [3.8, 4) is 11.5 Å². The summed E-state index contributed by atoms with van der Waals surface area (Å²) in [5, 5.41) is 6.13. The molecule has 0 spiro atoms. The number of carbonyl (C=O) groups is 1. The molecule has 0 saturated heterocycles. The number of hydrazone groups is 1. The number of nitrogens with zero attached hydrogens (tertiary/aromatic N) is 1. The first kappa shape index (κ1) is 22.1. The zero-order chi connectivity index (χ0) is 22.3. The smallest absolute Gasteiger partial charge is 0.272 e. The van der Waals surface area contributed by atoms with E-state index in [1.54, 1.807) is 24.7 Å². The number of carbonyl (C=O) groups excluding carboxylic acids is 1. The number of thiophene rings is 1. The molecule has 5 nitrogen and oxygen atoms in total. The van der Waals surface area contributed by atoms with Crippen LogP contribution in [0.15, 0.2) is 52.9 Å². The Bertz CT molecular complexity index is 1100. The monoisotopic (exact) mass is 448 g/mol. The van der Waals surface area contributed by atoms with Gasteiger partial charge in [0.25, 0.3) is 5.91 Å². The Morgan fingerprint density at radius 1 is 1.16 bits per heavy atom. The van der Waals surface area contributed by atoms with Gasteiger partial charge >= 0.3 is 0 Å². The number of ether oxygens (including phenoxy) is 2. The number of aryl methyl sites for hydroxylation is 2. The standard InChI is InChI=1S/C26H28N2O3S/c1-3-18-8-11-21(12-9-18)31-16-20-14-19(10-13-24(20)30-2)15-27-28-26(29)23-17-32-25-7-5-4-6-22(23)25/h8-15,17H,3-7,16H2,1-2H3,(H,28,29). The minimum Gasteiger partial charge on any atom is -0.496 e. The van der Waals surface area contributed by atoms with Crippen molar-refractivity contribution in [2.75, 3.05) is 7.11 Å². The third kappa shape index (κ3) is 5.19. The van der Waals surface area contributed by atoms with Gasteiger partial charge in [0.05, 0.1) is 18.9 Å². The molecular formula is C26H28N2O3S. The molecule has 0 unspecified atom stereocenters. The van der Waals surface area contributed by atoms with E-state index in [0.717, 1.165) is 53.9 Å². The first-order chi connectivity index (χ1) is 15.7. The average molecular weight is 449 g/mol. The summed E-state index contributed by atoms with van der Waals surface area (Å²) >= 11 is 1.68. The Labute approximate surface area is 193 Å². The van der Waals surface area contributed by atoms with E-state index < -0.39 is 0 Å². The van der Waals surface area contributed by atoms with Crippen molar-refractivity contribution in [3.05, 3.63) is 80.5 Å². The largest absolute Gasteiger partial charge is 0.496 e. The molecule has 0 bridgehead atoms. The number of methoxy groups -OCH3 is 1. The second-order valence-corrected chi connectivity index (χ2v) is 8.78. The highest BCUT2D eigenvalue weighted by atomic mass is 32.1. The first-order valence-electron chi connectivity index (χ1n) is 11.0. The van der Waals surface area contributed by atoms with Gasteiger partial charge in [0.1, 0.15) is 18.1 Å². The highest BCUT2D eigenvalue weighted by molar-refractivity contribution is 7.10. The summed E-state index contributed by atoms with van der Waals surface area (Å²) in [6, 6.07) is 13.9. The second kappa shape index (κ2) is 10.5. The Balaban J connectivity index is 1.40. The lowest BCUT2D eigenvalue weighted by atomic mass is 9.96. The molecule has 1 aromatic heterocycles. The van der Waals surface area contributed by atoms with Crippen LogP contribution in [-0.2, 0) is 25.9 Å². The molecule has 0 fully saturated rings. The molecule has 0 radical (unpaired) electrons. The van der Waals surface area contributed by atoms with E-state index in [1.165, 1.54) is 22.4 Å². The molecule has 1 heterocycles. The van der Waals surface area contributed by atoms with Gasteiger partial charge in [-0.2, -0.15) is 5.10 Å². The maximum absolute atomic E-state index is 12.6. The van der Waals surface area contributed by atoms with Crippen molar-refractivity contribution >= 4 is 23.5 Å². The van der Waals surface area contributed by atoms with Crippen LogP contribution in [-0.4, -0.2) is 19.2 Å². The molecule has 1 N–H and O–H groups in total. The van der Waals surface area contributed by atoms with E-state index in [0.29, 0.717) is 6.61 Å². The van der Waals surface area contributed by atoms with E-state index >= 15 is 0 Å². The lowest BCUT2D eigenvalue weighted by molar-refractivity contribution is 0.0954. The molecule has 32 heavy (non-hydrogen) atoms. The van der Waals surface area contributed by atoms with Gasteiger partial charge in [-0.05, 0) is 79.1 Å². The first-order valence-corrected chi connectivity index (χ1v) is 11.9. The SMILES string of the molecule is CCc1ccc(OCc2cc(C=NNC(=O)c3csc4c3CCCC4)ccc2OC)cc1. The third-order valence-corrected chi connectivity index (χ3v) is 6.80. The van der Waals surface area contributed by atoms with Gasteiger partial charge in [-0.3, -0.25) is 4.79 Å². The molecular weight excluding hydrogens is 420 g/mol. The number of hydrogen-bond donors (Lipinski definition) is 1. The predicted octanol–water partition coefficient (Wildman–Crippen LogP) is 5.54. The van der Waals surface area contributed by atoms with Crippen LogP contribution in [0.4, 0.5) is 0 Å². The van der Waals surface area contributed by atoms with Crippen molar-refractivity contribution in [1.29, 1.82) is 0 Å². The van der Waals surface area contributed by atoms with E-state index in [1.807, 2.05) is 35.7 Å². The fraction of sp³-hybridized carbons (Fsp3) is 0.308. The number of nitrogens with one attached hydrogen (secondary N) is 1. The fourth-order valence-corrected chi connectivity index (χ4v) is 5.01. The number of fused-ring (bicyclic) bond motifs is 1. The van der Waals surface area contributed by atoms with Gasteiger partial charge < -0.3 is 9.47 Å². The zero-order valence-electron chi connectivity index (χ0n) is 18.5. The summed E-state index contributed by atoms with van der Waals surface area (Å²) in [6.45, 7) is 2.51. The topological polar surface area (TPSA) is 59.9 Å². The quantitative estimate of drug-likeness (QED) is 0.364. The molecule has 0 atom stereocenters. The lowest BCUT2D eigenvalue weighted by Crippen LogP contribution is -2.19. The summed E-state index contributed by atoms with van der Waals surface area (Å²) < 4.78 is 11.4. The highest BCUT2D eigenvalue weighted by Crippen LogP contribution is 2.30. The molecule has 166 valence electrons. The van der Waals surface area contributed by atoms with Crippen LogP contribution < -0.4 is 14.9 Å². The van der Waals surface area contributed by atoms with Crippen molar-refractivity contribution in [1.82, 2.24) is 5.43 Å². The third-order valence-electron chi connectivity index (χ3n) is 5.72. The molecule has 0 aliphatic heterocycles. The molecule has 1 aliphatic rings. The maximum atomic E-state index is 12.6. The van der Waals surface area contributed by atoms with Gasteiger partial charge in [-0.15, -0.1) is 11.3 Å². The van der Waals surface area contributed by atoms with E-state index in [2.05, 4.69) is 29.6 Å². The van der Waals surface area contributed by atoms with Crippen molar-refractivity contribution < 1.29 is 14.3 Å². The molecule has 4 rings (SSSR count). The minimum atomic E-state index is -0.145. The molecule has 3 aromatic rings. The Morgan fingerprint density at radius 2 is 1.97 bits per heavy atom. The van der Waals surface area contributed by atoms with Crippen LogP contribution in [0, 0.1) is 0 Å². The van der Waals surface area contributed by atoms with Gasteiger partial charge in [0, 0.05) is 15.8 Å². The number of rotatable bonds is 8. The van der Waals surface area contributed by atoms with Crippen LogP contribution >= 0.6 is 11.3 Å². The summed E-state index contributed by atoms with van der Waals surface area (Å²) in [7, 11) is 1.64. The number of benzene rings is 2. The lowest BCUT2D eigenvalue weighted by Gasteiger charge is -2.12. The Hall–Kier alpha value is -3.12. The maximum Gasteiger partial charge on any atom is 0.272 e. The predicted molar refractivity (Wildman–Crippen MR) is 129 cm³/mol. The van der Waals surface area contributed by atoms with Crippen LogP contribution in [0.5, 0.6) is 11.5 Å². The Morgan fingerprint density at radius 3 is 2.75 bits per heavy atom. The van der Waals surface area contributed by atoms with Crippen LogP contribution in [0.1, 0.15) is 57.3 Å². The molecule has 2 aromatic carbocycles. The van der Waals surface area contributed by atoms with Crippen molar-refractivity contribution in [2.45, 2.75) is 45.6 Å². The van der Waals surface area contributed by atoms with Gasteiger partial charge in [-0.1, -0.05) is 19.1 Å². The normalized spacial score (nSPS) is 13.1. The minimum absolute atomic E-state index is 0.145.